The number of carbonyl (C=O) groups excluding carboxylic acids is 1. The Kier molecular flexibility index (Phi) is 8.40. The van der Waals surface area contributed by atoms with Crippen LogP contribution >= 0.6 is 0 Å². The zero-order valence-corrected chi connectivity index (χ0v) is 28.7. The quantitative estimate of drug-likeness (QED) is 0.172. The van der Waals surface area contributed by atoms with E-state index in [0.717, 1.165) is 18.4 Å². The molecule has 0 amide bonds. The third-order valence-electron chi connectivity index (χ3n) is 15.4. The fourth-order valence-electron chi connectivity index (χ4n) is 12.0. The van der Waals surface area contributed by atoms with E-state index in [9.17, 15) is 45.3 Å². The predicted molar refractivity (Wildman–Crippen MR) is 168 cm³/mol. The lowest BCUT2D eigenvalue weighted by Gasteiger charge is -2.71. The number of carboxylic acid groups (broad SMARTS) is 1. The molecule has 4 saturated carbocycles. The van der Waals surface area contributed by atoms with Crippen molar-refractivity contribution < 1.29 is 54.8 Å². The van der Waals surface area contributed by atoms with Gasteiger partial charge in [0.1, 0.15) is 24.4 Å². The molecule has 6 aliphatic rings. The average Bonchev–Trinajstić information content (AvgIpc) is 3.01. The van der Waals surface area contributed by atoms with E-state index in [1.54, 1.807) is 6.92 Å². The van der Waals surface area contributed by atoms with E-state index in [-0.39, 0.29) is 22.7 Å². The number of aliphatic hydroxyl groups excluding tert-OH is 6. The van der Waals surface area contributed by atoms with Crippen molar-refractivity contribution in [3.05, 3.63) is 11.6 Å². The van der Waals surface area contributed by atoms with Crippen LogP contribution in [0.4, 0.5) is 0 Å². The molecule has 0 aromatic carbocycles. The standard InChI is InChI=1S/C36H56O11/c1-31(2)13-15-36(30(45)47-28-26(41)25(40)24(39)19(17-37)46-28)16-14-33(4)18(23(36)27(31)42)7-8-20-32(3)11-10-22(38)35(6,29(43)44)21(32)9-12-34(20,33)5/h7,19-28,37-42H,8-17H2,1-6H3,(H,43,44). The molecule has 6 rings (SSSR count). The van der Waals surface area contributed by atoms with Crippen molar-refractivity contribution >= 4 is 11.9 Å². The summed E-state index contributed by atoms with van der Waals surface area (Å²) in [5.74, 6) is -2.22. The van der Waals surface area contributed by atoms with Crippen LogP contribution < -0.4 is 0 Å². The highest BCUT2D eigenvalue weighted by Crippen LogP contribution is 2.76. The minimum atomic E-state index is -1.72. The van der Waals surface area contributed by atoms with Crippen LogP contribution in [0.15, 0.2) is 11.6 Å². The lowest BCUT2D eigenvalue weighted by atomic mass is 9.33. The maximum atomic E-state index is 14.4. The van der Waals surface area contributed by atoms with Gasteiger partial charge in [-0.1, -0.05) is 46.3 Å². The van der Waals surface area contributed by atoms with Gasteiger partial charge in [0, 0.05) is 5.92 Å². The highest BCUT2D eigenvalue weighted by atomic mass is 16.7. The molecule has 0 aromatic heterocycles. The van der Waals surface area contributed by atoms with Gasteiger partial charge >= 0.3 is 11.9 Å². The fraction of sp³-hybridized carbons (Fsp3) is 0.889. The Hall–Kier alpha value is -1.60. The van der Waals surface area contributed by atoms with E-state index in [0.29, 0.717) is 44.9 Å². The first-order valence-corrected chi connectivity index (χ1v) is 17.6. The molecular weight excluding hydrogens is 608 g/mol. The van der Waals surface area contributed by atoms with Gasteiger partial charge in [0.05, 0.1) is 29.6 Å². The van der Waals surface area contributed by atoms with Crippen molar-refractivity contribution in [2.45, 2.75) is 142 Å². The van der Waals surface area contributed by atoms with Crippen LogP contribution in [0.3, 0.4) is 0 Å². The number of allylic oxidation sites excluding steroid dienone is 1. The topological polar surface area (TPSA) is 194 Å². The van der Waals surface area contributed by atoms with Gasteiger partial charge in [0.2, 0.25) is 6.29 Å². The number of carbonyl (C=O) groups is 2. The Morgan fingerprint density at radius 3 is 2.15 bits per heavy atom. The van der Waals surface area contributed by atoms with E-state index in [2.05, 4.69) is 26.8 Å². The third kappa shape index (κ3) is 4.55. The Balaban J connectivity index is 1.39. The van der Waals surface area contributed by atoms with Gasteiger partial charge in [-0.15, -0.1) is 0 Å². The fourth-order valence-corrected chi connectivity index (χ4v) is 12.0. The van der Waals surface area contributed by atoms with Gasteiger partial charge in [-0.05, 0) is 98.2 Å². The highest BCUT2D eigenvalue weighted by molar-refractivity contribution is 5.79. The molecule has 15 atom stereocenters. The number of ether oxygens (including phenoxy) is 2. The van der Waals surface area contributed by atoms with Crippen molar-refractivity contribution in [1.29, 1.82) is 0 Å². The largest absolute Gasteiger partial charge is 0.481 e. The molecule has 0 aromatic rings. The molecule has 11 nitrogen and oxygen atoms in total. The number of carboxylic acids is 1. The van der Waals surface area contributed by atoms with Gasteiger partial charge in [-0.25, -0.2) is 0 Å². The van der Waals surface area contributed by atoms with Crippen molar-refractivity contribution in [2.75, 3.05) is 6.61 Å². The van der Waals surface area contributed by atoms with E-state index >= 15 is 0 Å². The second-order valence-corrected chi connectivity index (χ2v) is 17.6. The average molecular weight is 665 g/mol. The number of esters is 1. The maximum absolute atomic E-state index is 14.4. The molecular formula is C36H56O11. The van der Waals surface area contributed by atoms with Crippen LogP contribution in [-0.2, 0) is 19.1 Å². The van der Waals surface area contributed by atoms with Crippen LogP contribution in [0, 0.1) is 50.2 Å². The Bertz CT molecular complexity index is 1310. The number of hydrogen-bond donors (Lipinski definition) is 7. The summed E-state index contributed by atoms with van der Waals surface area (Å²) in [4.78, 5) is 27.1. The molecule has 0 bridgehead atoms. The van der Waals surface area contributed by atoms with Crippen LogP contribution in [-0.4, -0.2) is 97.2 Å². The molecule has 47 heavy (non-hydrogen) atoms. The molecule has 5 fully saturated rings. The number of aliphatic carboxylic acids is 1. The van der Waals surface area contributed by atoms with Crippen LogP contribution in [0.25, 0.3) is 0 Å². The summed E-state index contributed by atoms with van der Waals surface area (Å²) in [6, 6.07) is 0. The minimum absolute atomic E-state index is 0.135. The Morgan fingerprint density at radius 1 is 0.851 bits per heavy atom. The van der Waals surface area contributed by atoms with Gasteiger partial charge < -0.3 is 45.2 Å². The first-order valence-electron chi connectivity index (χ1n) is 17.6. The van der Waals surface area contributed by atoms with Crippen molar-refractivity contribution in [3.63, 3.8) is 0 Å². The molecule has 1 saturated heterocycles. The summed E-state index contributed by atoms with van der Waals surface area (Å²) in [6.07, 6.45) is -2.06. The predicted octanol–water partition coefficient (Wildman–Crippen LogP) is 2.53. The maximum Gasteiger partial charge on any atom is 0.315 e. The zero-order chi connectivity index (χ0) is 34.7. The second-order valence-electron chi connectivity index (χ2n) is 17.6. The normalized spacial score (nSPS) is 53.7. The lowest BCUT2D eigenvalue weighted by Crippen LogP contribution is -2.68. The molecule has 5 aliphatic carbocycles. The second kappa shape index (κ2) is 11.2. The first-order chi connectivity index (χ1) is 21.8. The molecule has 0 spiro atoms. The Labute approximate surface area is 277 Å². The molecule has 1 heterocycles. The molecule has 7 N–H and O–H groups in total. The summed E-state index contributed by atoms with van der Waals surface area (Å²) in [5.41, 5.74) is -2.83. The summed E-state index contributed by atoms with van der Waals surface area (Å²) < 4.78 is 11.4. The van der Waals surface area contributed by atoms with Crippen LogP contribution in [0.5, 0.6) is 0 Å². The third-order valence-corrected chi connectivity index (χ3v) is 15.4. The van der Waals surface area contributed by atoms with Gasteiger partial charge in [-0.3, -0.25) is 9.59 Å². The monoisotopic (exact) mass is 664 g/mol. The van der Waals surface area contributed by atoms with Crippen LogP contribution in [0.2, 0.25) is 0 Å². The van der Waals surface area contributed by atoms with Gasteiger partial charge in [-0.2, -0.15) is 0 Å². The van der Waals surface area contributed by atoms with E-state index in [1.165, 1.54) is 0 Å². The van der Waals surface area contributed by atoms with E-state index < -0.39 is 89.0 Å². The highest BCUT2D eigenvalue weighted by Gasteiger charge is 2.72. The summed E-state index contributed by atoms with van der Waals surface area (Å²) in [5, 5.41) is 74.5. The van der Waals surface area contributed by atoms with Crippen molar-refractivity contribution in [2.24, 2.45) is 50.2 Å². The lowest BCUT2D eigenvalue weighted by molar-refractivity contribution is -0.298. The number of rotatable bonds is 4. The van der Waals surface area contributed by atoms with Gasteiger partial charge in [0.15, 0.2) is 0 Å². The molecule has 1 aliphatic heterocycles. The number of aliphatic hydroxyl groups is 6. The molecule has 15 unspecified atom stereocenters. The van der Waals surface area contributed by atoms with E-state index in [1.807, 2.05) is 13.8 Å². The number of hydrogen-bond acceptors (Lipinski definition) is 10. The van der Waals surface area contributed by atoms with E-state index in [4.69, 9.17) is 9.47 Å². The minimum Gasteiger partial charge on any atom is -0.481 e. The molecule has 0 radical (unpaired) electrons. The first kappa shape index (κ1) is 35.2. The number of fused-ring (bicyclic) bond motifs is 7. The summed E-state index contributed by atoms with van der Waals surface area (Å²) in [7, 11) is 0. The summed E-state index contributed by atoms with van der Waals surface area (Å²) in [6.45, 7) is 11.9. The smallest absolute Gasteiger partial charge is 0.315 e. The molecule has 11 heteroatoms. The van der Waals surface area contributed by atoms with Gasteiger partial charge in [0.25, 0.3) is 0 Å². The molecule has 266 valence electrons. The van der Waals surface area contributed by atoms with Crippen molar-refractivity contribution in [1.82, 2.24) is 0 Å². The van der Waals surface area contributed by atoms with Crippen molar-refractivity contribution in [3.8, 4) is 0 Å². The Morgan fingerprint density at radius 2 is 1.51 bits per heavy atom. The SMILES string of the molecule is CC1(C)CCC2(C(=O)OC3OC(CO)C(O)C(O)C3O)CCC3(C)C(=CCC4C5(C)CCC(O)C(C)(C(=O)O)C5CCC43C)C2C1O. The van der Waals surface area contributed by atoms with Crippen LogP contribution in [0.1, 0.15) is 99.3 Å². The zero-order valence-electron chi connectivity index (χ0n) is 28.7. The summed E-state index contributed by atoms with van der Waals surface area (Å²) >= 11 is 0.